The molecule has 0 fully saturated rings. The van der Waals surface area contributed by atoms with Crippen molar-refractivity contribution in [1.29, 1.82) is 0 Å². The molecule has 2 aromatic heterocycles. The fraction of sp³-hybridized carbons (Fsp3) is 0.105. The number of anilines is 1. The van der Waals surface area contributed by atoms with E-state index in [0.717, 1.165) is 5.56 Å². The molecule has 2 heterocycles. The Labute approximate surface area is 151 Å². The van der Waals surface area contributed by atoms with Crippen molar-refractivity contribution in [2.24, 2.45) is 0 Å². The third-order valence-corrected chi connectivity index (χ3v) is 5.73. The maximum Gasteiger partial charge on any atom is 0.274 e. The molecule has 1 N–H and O–H groups in total. The number of benzene rings is 1. The third kappa shape index (κ3) is 4.08. The first kappa shape index (κ1) is 17.7. The number of pyridine rings is 1. The van der Waals surface area contributed by atoms with Crippen LogP contribution in [0.2, 0.25) is 0 Å². The highest BCUT2D eigenvalue weighted by Crippen LogP contribution is 2.13. The van der Waals surface area contributed by atoms with Crippen molar-refractivity contribution < 1.29 is 13.8 Å². The van der Waals surface area contributed by atoms with Crippen LogP contribution in [0.4, 0.5) is 5.69 Å². The van der Waals surface area contributed by atoms with Crippen LogP contribution in [0.3, 0.4) is 0 Å². The van der Waals surface area contributed by atoms with Gasteiger partial charge in [0.2, 0.25) is 5.23 Å². The molecule has 3 rings (SSSR count). The summed E-state index contributed by atoms with van der Waals surface area (Å²) in [4.78, 5) is 27.5. The second-order valence-corrected chi connectivity index (χ2v) is 7.87. The van der Waals surface area contributed by atoms with E-state index in [9.17, 15) is 13.8 Å². The second-order valence-electron chi connectivity index (χ2n) is 5.59. The Balaban J connectivity index is 1.73. The number of aryl methyl sites for hydroxylation is 1. The van der Waals surface area contributed by atoms with Crippen LogP contribution in [0, 0.1) is 0 Å². The minimum atomic E-state index is -3.04. The van der Waals surface area contributed by atoms with Crippen molar-refractivity contribution in [1.82, 2.24) is 8.96 Å². The van der Waals surface area contributed by atoms with Crippen molar-refractivity contribution in [2.45, 2.75) is 6.42 Å². The monoisotopic (exact) mass is 367 g/mol. The molecule has 1 atom stereocenters. The summed E-state index contributed by atoms with van der Waals surface area (Å²) in [5.74, 6) is -0.239. The number of aromatic nitrogens is 2. The fourth-order valence-electron chi connectivity index (χ4n) is 2.42. The molecule has 3 aromatic rings. The van der Waals surface area contributed by atoms with Crippen LogP contribution in [0.25, 0.3) is 0 Å². The largest absolute Gasteiger partial charge is 0.319 e. The minimum absolute atomic E-state index is 0.142. The second kappa shape index (κ2) is 7.82. The van der Waals surface area contributed by atoms with E-state index >= 15 is 0 Å². The van der Waals surface area contributed by atoms with E-state index in [2.05, 4.69) is 10.3 Å². The van der Waals surface area contributed by atoms with Crippen LogP contribution in [0.15, 0.2) is 73.2 Å². The summed E-state index contributed by atoms with van der Waals surface area (Å²) in [6.45, 7) is 0. The Kier molecular flexibility index (Phi) is 5.31. The van der Waals surface area contributed by atoms with Crippen LogP contribution in [0.1, 0.15) is 16.1 Å². The van der Waals surface area contributed by atoms with Gasteiger partial charge in [-0.15, -0.1) is 0 Å². The summed E-state index contributed by atoms with van der Waals surface area (Å²) in [6.07, 6.45) is 4.99. The molecule has 0 radical (unpaired) electrons. The number of nitrogens with one attached hydrogen (secondary N) is 1. The number of hydrogen-bond donors (Lipinski definition) is 1. The van der Waals surface area contributed by atoms with Crippen molar-refractivity contribution in [2.75, 3.05) is 11.1 Å². The van der Waals surface area contributed by atoms with Gasteiger partial charge >= 0.3 is 0 Å². The lowest BCUT2D eigenvalue weighted by molar-refractivity contribution is 0.102. The van der Waals surface area contributed by atoms with E-state index in [0.29, 0.717) is 12.1 Å². The van der Waals surface area contributed by atoms with Crippen molar-refractivity contribution in [3.63, 3.8) is 0 Å². The van der Waals surface area contributed by atoms with Gasteiger partial charge in [-0.3, -0.25) is 13.8 Å². The average molecular weight is 367 g/mol. The van der Waals surface area contributed by atoms with Gasteiger partial charge in [0.05, 0.1) is 5.69 Å². The standard InChI is InChI=1S/C19H17N3O3S/c23-15-26(25,13-10-16-6-2-1-3-7-16)22-12-9-17(14-22)21-19(24)18-8-4-5-11-20-18/h1-9,11-12,14H,10,13H2,(H,21,24). The number of carbonyl (C=O) groups excluding carboxylic acids is 2. The molecule has 0 aliphatic heterocycles. The Bertz CT molecular complexity index is 1030. The van der Waals surface area contributed by atoms with E-state index in [-0.39, 0.29) is 17.4 Å². The molecule has 0 aliphatic carbocycles. The molecule has 1 amide bonds. The molecule has 1 aromatic carbocycles. The molecule has 0 saturated heterocycles. The highest BCUT2D eigenvalue weighted by atomic mass is 32.2. The van der Waals surface area contributed by atoms with Gasteiger partial charge in [-0.05, 0) is 30.2 Å². The maximum absolute atomic E-state index is 12.9. The summed E-state index contributed by atoms with van der Waals surface area (Å²) < 4.78 is 14.2. The van der Waals surface area contributed by atoms with Crippen molar-refractivity contribution >= 4 is 26.5 Å². The molecule has 1 unspecified atom stereocenters. The van der Waals surface area contributed by atoms with E-state index in [1.807, 2.05) is 30.3 Å². The van der Waals surface area contributed by atoms with Gasteiger partial charge in [0.15, 0.2) is 0 Å². The van der Waals surface area contributed by atoms with E-state index in [1.54, 1.807) is 29.5 Å². The summed E-state index contributed by atoms with van der Waals surface area (Å²) in [6, 6.07) is 16.1. The van der Waals surface area contributed by atoms with Gasteiger partial charge in [0, 0.05) is 24.3 Å². The highest BCUT2D eigenvalue weighted by Gasteiger charge is 2.14. The lowest BCUT2D eigenvalue weighted by Crippen LogP contribution is -2.18. The van der Waals surface area contributed by atoms with Gasteiger partial charge in [-0.25, -0.2) is 9.00 Å². The number of carbonyl (C=O) groups is 1. The van der Waals surface area contributed by atoms with Crippen LogP contribution in [0.5, 0.6) is 0 Å². The quantitative estimate of drug-likeness (QED) is 0.679. The Morgan fingerprint density at radius 2 is 1.88 bits per heavy atom. The molecular weight excluding hydrogens is 350 g/mol. The number of nitrogens with zero attached hydrogens (tertiary/aromatic N) is 2. The van der Waals surface area contributed by atoms with Gasteiger partial charge < -0.3 is 5.32 Å². The fourth-order valence-corrected chi connectivity index (χ4v) is 3.85. The minimum Gasteiger partial charge on any atom is -0.319 e. The number of rotatable bonds is 6. The number of hydrogen-bond acceptors (Lipinski definition) is 4. The molecule has 0 saturated carbocycles. The van der Waals surface area contributed by atoms with Crippen LogP contribution in [-0.2, 0) is 20.9 Å². The normalized spacial score (nSPS) is 12.8. The van der Waals surface area contributed by atoms with E-state index in [1.165, 1.54) is 22.6 Å². The van der Waals surface area contributed by atoms with Crippen molar-refractivity contribution in [3.05, 3.63) is 84.4 Å². The maximum atomic E-state index is 12.9. The summed E-state index contributed by atoms with van der Waals surface area (Å²) >= 11 is 0. The summed E-state index contributed by atoms with van der Waals surface area (Å²) in [7, 11) is -3.04. The molecule has 7 heteroatoms. The van der Waals surface area contributed by atoms with Crippen LogP contribution in [-0.4, -0.2) is 30.1 Å². The van der Waals surface area contributed by atoms with Gasteiger partial charge in [0.25, 0.3) is 5.91 Å². The zero-order valence-corrected chi connectivity index (χ0v) is 14.7. The molecule has 0 bridgehead atoms. The van der Waals surface area contributed by atoms with Crippen LogP contribution >= 0.6 is 0 Å². The predicted molar refractivity (Wildman–Crippen MR) is 101 cm³/mol. The van der Waals surface area contributed by atoms with Crippen LogP contribution < -0.4 is 5.32 Å². The summed E-state index contributed by atoms with van der Waals surface area (Å²) in [5.41, 5.74) is 1.70. The third-order valence-electron chi connectivity index (χ3n) is 3.80. The molecule has 0 aliphatic rings. The predicted octanol–water partition coefficient (Wildman–Crippen LogP) is 2.49. The van der Waals surface area contributed by atoms with Gasteiger partial charge in [-0.2, -0.15) is 0 Å². The van der Waals surface area contributed by atoms with E-state index in [4.69, 9.17) is 0 Å². The van der Waals surface area contributed by atoms with Crippen molar-refractivity contribution in [3.8, 4) is 0 Å². The first-order valence-corrected chi connectivity index (χ1v) is 9.65. The highest BCUT2D eigenvalue weighted by molar-refractivity contribution is 7.99. The SMILES string of the molecule is O=C=S(=O)(CCc1ccccc1)n1ccc(NC(=O)c2ccccn2)c1. The van der Waals surface area contributed by atoms with Gasteiger partial charge in [0.1, 0.15) is 15.4 Å². The van der Waals surface area contributed by atoms with Gasteiger partial charge in [-0.1, -0.05) is 36.4 Å². The summed E-state index contributed by atoms with van der Waals surface area (Å²) in [5, 5.41) is 4.35. The zero-order valence-electron chi connectivity index (χ0n) is 13.9. The Morgan fingerprint density at radius 1 is 1.12 bits per heavy atom. The topological polar surface area (TPSA) is 81.1 Å². The molecule has 0 spiro atoms. The average Bonchev–Trinajstić information content (AvgIpc) is 3.17. The van der Waals surface area contributed by atoms with E-state index < -0.39 is 9.71 Å². The number of amides is 1. The first-order valence-electron chi connectivity index (χ1n) is 7.96. The Hall–Kier alpha value is -3.15. The molecule has 26 heavy (non-hydrogen) atoms. The lowest BCUT2D eigenvalue weighted by atomic mass is 10.2. The Morgan fingerprint density at radius 3 is 2.58 bits per heavy atom. The molecule has 6 nitrogen and oxygen atoms in total. The zero-order chi connectivity index (χ0) is 18.4. The molecular formula is C19H17N3O3S. The molecule has 132 valence electrons. The first-order chi connectivity index (χ1) is 12.6. The smallest absolute Gasteiger partial charge is 0.274 e. The lowest BCUT2D eigenvalue weighted by Gasteiger charge is -2.08.